The number of ether oxygens (including phenoxy) is 1. The van der Waals surface area contributed by atoms with Gasteiger partial charge < -0.3 is 15.2 Å². The Morgan fingerprint density at radius 2 is 1.96 bits per heavy atom. The van der Waals surface area contributed by atoms with Crippen molar-refractivity contribution in [2.75, 3.05) is 32.9 Å². The summed E-state index contributed by atoms with van der Waals surface area (Å²) >= 11 is 0. The molecule has 6 heteroatoms. The molecule has 1 heterocycles. The van der Waals surface area contributed by atoms with E-state index >= 15 is 0 Å². The molecule has 0 spiro atoms. The van der Waals surface area contributed by atoms with E-state index in [0.29, 0.717) is 12.2 Å². The molecule has 0 bridgehead atoms. The normalized spacial score (nSPS) is 17.4. The number of piperazine rings is 1. The van der Waals surface area contributed by atoms with E-state index in [1.807, 2.05) is 26.8 Å². The monoisotopic (exact) mass is 346 g/mol. The van der Waals surface area contributed by atoms with E-state index in [1.165, 1.54) is 0 Å². The lowest BCUT2D eigenvalue weighted by Crippen LogP contribution is -2.45. The maximum Gasteiger partial charge on any atom is 0.120 e. The van der Waals surface area contributed by atoms with Gasteiger partial charge in [0.2, 0.25) is 0 Å². The average Bonchev–Trinajstić information content (AvgIpc) is 2.46. The Kier molecular flexibility index (Phi) is 7.58. The zero-order valence-electron chi connectivity index (χ0n) is 14.1. The van der Waals surface area contributed by atoms with Gasteiger partial charge >= 0.3 is 0 Å². The van der Waals surface area contributed by atoms with Gasteiger partial charge in [-0.3, -0.25) is 9.29 Å². The molecule has 132 valence electrons. The lowest BCUT2D eigenvalue weighted by atomic mass is 10.00. The fourth-order valence-electron chi connectivity index (χ4n) is 2.85. The highest BCUT2D eigenvalue weighted by molar-refractivity contribution is 5.85. The molecule has 1 fully saturated rings. The molecule has 0 aromatic heterocycles. The van der Waals surface area contributed by atoms with E-state index in [0.717, 1.165) is 31.7 Å². The van der Waals surface area contributed by atoms with Crippen LogP contribution in [0.15, 0.2) is 18.2 Å². The maximum atomic E-state index is 13.0. The fourth-order valence-corrected chi connectivity index (χ4v) is 2.85. The van der Waals surface area contributed by atoms with Crippen LogP contribution in [0.4, 0.5) is 4.39 Å². The van der Waals surface area contributed by atoms with Crippen LogP contribution in [0.5, 0.6) is 11.5 Å². The first-order valence-corrected chi connectivity index (χ1v) is 7.93. The van der Waals surface area contributed by atoms with Crippen molar-refractivity contribution in [3.05, 3.63) is 23.8 Å². The van der Waals surface area contributed by atoms with Crippen LogP contribution >= 0.6 is 12.4 Å². The number of nitrogens with zero attached hydrogens (tertiary/aromatic N) is 1. The van der Waals surface area contributed by atoms with Gasteiger partial charge in [-0.2, -0.15) is 0 Å². The molecule has 2 rings (SSSR count). The van der Waals surface area contributed by atoms with Crippen LogP contribution in [-0.2, 0) is 0 Å². The SMILES string of the molecule is CC(C)(C)Oc1ccc(O)c([C@H](CCF)N2CCNCC2)c1.Cl. The Morgan fingerprint density at radius 1 is 1.30 bits per heavy atom. The zero-order chi connectivity index (χ0) is 16.2. The quantitative estimate of drug-likeness (QED) is 0.858. The number of hydrogen-bond donors (Lipinski definition) is 2. The number of hydrogen-bond acceptors (Lipinski definition) is 4. The summed E-state index contributed by atoms with van der Waals surface area (Å²) in [4.78, 5) is 2.23. The number of aromatic hydroxyl groups is 1. The molecule has 1 aliphatic heterocycles. The van der Waals surface area contributed by atoms with Crippen molar-refractivity contribution in [2.45, 2.75) is 38.8 Å². The minimum atomic E-state index is -0.404. The van der Waals surface area contributed by atoms with E-state index in [9.17, 15) is 9.50 Å². The van der Waals surface area contributed by atoms with Gasteiger partial charge in [-0.05, 0) is 45.4 Å². The first-order chi connectivity index (χ1) is 10.4. The third-order valence-electron chi connectivity index (χ3n) is 3.76. The van der Waals surface area contributed by atoms with Crippen molar-refractivity contribution < 1.29 is 14.2 Å². The van der Waals surface area contributed by atoms with Crippen LogP contribution in [0, 0.1) is 0 Å². The van der Waals surface area contributed by atoms with E-state index in [2.05, 4.69) is 10.2 Å². The zero-order valence-corrected chi connectivity index (χ0v) is 15.0. The molecule has 0 aliphatic carbocycles. The summed E-state index contributed by atoms with van der Waals surface area (Å²) in [5.41, 5.74) is 0.445. The van der Waals surface area contributed by atoms with Gasteiger partial charge in [0, 0.05) is 37.8 Å². The molecule has 2 N–H and O–H groups in total. The van der Waals surface area contributed by atoms with Gasteiger partial charge in [0.05, 0.1) is 6.67 Å². The summed E-state index contributed by atoms with van der Waals surface area (Å²) in [7, 11) is 0. The highest BCUT2D eigenvalue weighted by Crippen LogP contribution is 2.35. The standard InChI is InChI=1S/C17H27FN2O2.ClH/c1-17(2,3)22-13-4-5-16(21)14(12-13)15(6-7-18)20-10-8-19-9-11-20;/h4-5,12,15,19,21H,6-11H2,1-3H3;1H/t15-;/m0./s1. The molecule has 1 aromatic carbocycles. The summed E-state index contributed by atoms with van der Waals surface area (Å²) in [6.07, 6.45) is 0.381. The summed E-state index contributed by atoms with van der Waals surface area (Å²) in [6.45, 7) is 9.03. The van der Waals surface area contributed by atoms with Crippen molar-refractivity contribution in [1.29, 1.82) is 0 Å². The number of alkyl halides is 1. The van der Waals surface area contributed by atoms with Crippen LogP contribution < -0.4 is 10.1 Å². The first kappa shape index (κ1) is 20.0. The fraction of sp³-hybridized carbons (Fsp3) is 0.647. The summed E-state index contributed by atoms with van der Waals surface area (Å²) in [5, 5.41) is 13.5. The van der Waals surface area contributed by atoms with Crippen LogP contribution in [0.25, 0.3) is 0 Å². The second-order valence-electron chi connectivity index (χ2n) is 6.71. The minimum absolute atomic E-state index is 0. The van der Waals surface area contributed by atoms with Gasteiger partial charge in [0.25, 0.3) is 0 Å². The van der Waals surface area contributed by atoms with E-state index in [1.54, 1.807) is 12.1 Å². The molecule has 0 radical (unpaired) electrons. The number of phenols is 1. The highest BCUT2D eigenvalue weighted by Gasteiger charge is 2.25. The van der Waals surface area contributed by atoms with Crippen LogP contribution in [0.2, 0.25) is 0 Å². The molecule has 1 atom stereocenters. The topological polar surface area (TPSA) is 44.7 Å². The Bertz CT molecular complexity index is 488. The van der Waals surface area contributed by atoms with Crippen molar-refractivity contribution in [3.63, 3.8) is 0 Å². The molecule has 1 aliphatic rings. The predicted octanol–water partition coefficient (Wildman–Crippen LogP) is 3.30. The third-order valence-corrected chi connectivity index (χ3v) is 3.76. The number of halogens is 2. The molecular formula is C17H28ClFN2O2. The smallest absolute Gasteiger partial charge is 0.120 e. The minimum Gasteiger partial charge on any atom is -0.508 e. The second kappa shape index (κ2) is 8.71. The van der Waals surface area contributed by atoms with Crippen molar-refractivity contribution in [3.8, 4) is 11.5 Å². The van der Waals surface area contributed by atoms with Crippen molar-refractivity contribution >= 4 is 12.4 Å². The number of benzene rings is 1. The molecule has 0 saturated carbocycles. The number of phenolic OH excluding ortho intramolecular Hbond substituents is 1. The molecule has 0 unspecified atom stereocenters. The van der Waals surface area contributed by atoms with Gasteiger partial charge in [-0.25, -0.2) is 0 Å². The largest absolute Gasteiger partial charge is 0.508 e. The molecule has 4 nitrogen and oxygen atoms in total. The Balaban J connectivity index is 0.00000264. The number of nitrogens with one attached hydrogen (secondary N) is 1. The van der Waals surface area contributed by atoms with Crippen LogP contribution in [0.1, 0.15) is 38.8 Å². The first-order valence-electron chi connectivity index (χ1n) is 7.93. The third kappa shape index (κ3) is 5.83. The molecule has 1 aromatic rings. The van der Waals surface area contributed by atoms with Crippen molar-refractivity contribution in [1.82, 2.24) is 10.2 Å². The van der Waals surface area contributed by atoms with Crippen LogP contribution in [-0.4, -0.2) is 48.5 Å². The maximum absolute atomic E-state index is 13.0. The lowest BCUT2D eigenvalue weighted by molar-refractivity contribution is 0.128. The molecule has 1 saturated heterocycles. The van der Waals surface area contributed by atoms with E-state index < -0.39 is 6.67 Å². The summed E-state index contributed by atoms with van der Waals surface area (Å²) < 4.78 is 18.9. The summed E-state index contributed by atoms with van der Waals surface area (Å²) in [6, 6.07) is 5.14. The van der Waals surface area contributed by atoms with E-state index in [-0.39, 0.29) is 29.8 Å². The molecule has 23 heavy (non-hydrogen) atoms. The molecule has 0 amide bonds. The van der Waals surface area contributed by atoms with E-state index in [4.69, 9.17) is 4.74 Å². The van der Waals surface area contributed by atoms with Gasteiger partial charge in [0.15, 0.2) is 0 Å². The van der Waals surface area contributed by atoms with Gasteiger partial charge in [-0.15, -0.1) is 12.4 Å². The Hall–Kier alpha value is -1.04. The highest BCUT2D eigenvalue weighted by atomic mass is 35.5. The second-order valence-corrected chi connectivity index (χ2v) is 6.71. The Morgan fingerprint density at radius 3 is 2.52 bits per heavy atom. The van der Waals surface area contributed by atoms with Gasteiger partial charge in [-0.1, -0.05) is 0 Å². The summed E-state index contributed by atoms with van der Waals surface area (Å²) in [5.74, 6) is 0.914. The lowest BCUT2D eigenvalue weighted by Gasteiger charge is -2.35. The molecular weight excluding hydrogens is 319 g/mol. The average molecular weight is 347 g/mol. The van der Waals surface area contributed by atoms with Crippen molar-refractivity contribution in [2.24, 2.45) is 0 Å². The number of rotatable bonds is 5. The Labute approximate surface area is 144 Å². The van der Waals surface area contributed by atoms with Gasteiger partial charge in [0.1, 0.15) is 17.1 Å². The predicted molar refractivity (Wildman–Crippen MR) is 93.5 cm³/mol. The van der Waals surface area contributed by atoms with Crippen LogP contribution in [0.3, 0.4) is 0 Å².